The maximum absolute atomic E-state index is 11.8. The predicted molar refractivity (Wildman–Crippen MR) is 59.5 cm³/mol. The number of nitrogens with zero attached hydrogens (tertiary/aromatic N) is 1. The molecule has 1 saturated heterocycles. The van der Waals surface area contributed by atoms with E-state index in [1.165, 1.54) is 0 Å². The number of esters is 1. The largest absolute Gasteiger partial charge is 0.462 e. The highest BCUT2D eigenvalue weighted by Crippen LogP contribution is 2.25. The van der Waals surface area contributed by atoms with Crippen molar-refractivity contribution in [3.05, 3.63) is 17.0 Å². The molecule has 0 radical (unpaired) electrons. The van der Waals surface area contributed by atoms with Gasteiger partial charge in [0.1, 0.15) is 5.56 Å². The molecule has 0 spiro atoms. The average Bonchev–Trinajstić information content (AvgIpc) is 2.86. The number of aromatic amines is 1. The number of nitrogens with one attached hydrogen (secondary N) is 2. The quantitative estimate of drug-likeness (QED) is 0.749. The van der Waals surface area contributed by atoms with Gasteiger partial charge >= 0.3 is 5.97 Å². The number of carbonyl (C=O) groups excluding carboxylic acids is 1. The van der Waals surface area contributed by atoms with E-state index >= 15 is 0 Å². The Bertz CT molecular complexity index is 381. The van der Waals surface area contributed by atoms with Crippen LogP contribution in [0.2, 0.25) is 0 Å². The van der Waals surface area contributed by atoms with Gasteiger partial charge in [0.15, 0.2) is 0 Å². The van der Waals surface area contributed by atoms with Gasteiger partial charge in [-0.3, -0.25) is 5.10 Å². The molecule has 0 saturated carbocycles. The standard InChI is InChI=1S/C11H17N3O2/c1-3-16-11(15)9-7(2)13-14-10(9)8-4-5-12-6-8/h8,12H,3-6H2,1-2H3,(H,13,14). The number of hydrogen-bond donors (Lipinski definition) is 2. The minimum atomic E-state index is -0.268. The van der Waals surface area contributed by atoms with E-state index < -0.39 is 0 Å². The van der Waals surface area contributed by atoms with E-state index in [1.807, 2.05) is 13.8 Å². The maximum atomic E-state index is 11.8. The summed E-state index contributed by atoms with van der Waals surface area (Å²) in [6, 6.07) is 0. The van der Waals surface area contributed by atoms with Crippen molar-refractivity contribution in [3.8, 4) is 0 Å². The van der Waals surface area contributed by atoms with Gasteiger partial charge < -0.3 is 10.1 Å². The highest BCUT2D eigenvalue weighted by atomic mass is 16.5. The van der Waals surface area contributed by atoms with Gasteiger partial charge in [-0.1, -0.05) is 0 Å². The third kappa shape index (κ3) is 1.95. The molecule has 1 aliphatic heterocycles. The Labute approximate surface area is 94.6 Å². The van der Waals surface area contributed by atoms with E-state index in [1.54, 1.807) is 0 Å². The molecule has 0 aliphatic carbocycles. The second kappa shape index (κ2) is 4.65. The topological polar surface area (TPSA) is 67.0 Å². The zero-order valence-electron chi connectivity index (χ0n) is 9.67. The van der Waals surface area contributed by atoms with Crippen LogP contribution in [0, 0.1) is 6.92 Å². The number of hydrogen-bond acceptors (Lipinski definition) is 4. The van der Waals surface area contributed by atoms with E-state index in [4.69, 9.17) is 4.74 Å². The summed E-state index contributed by atoms with van der Waals surface area (Å²) in [6.45, 7) is 5.93. The van der Waals surface area contributed by atoms with Gasteiger partial charge in [0.2, 0.25) is 0 Å². The van der Waals surface area contributed by atoms with Gasteiger partial charge in [-0.15, -0.1) is 0 Å². The number of H-pyrrole nitrogens is 1. The van der Waals surface area contributed by atoms with Gasteiger partial charge in [-0.05, 0) is 26.8 Å². The number of aryl methyl sites for hydroxylation is 1. The Kier molecular flexibility index (Phi) is 3.24. The fourth-order valence-electron chi connectivity index (χ4n) is 2.09. The summed E-state index contributed by atoms with van der Waals surface area (Å²) in [5.41, 5.74) is 2.26. The zero-order chi connectivity index (χ0) is 11.5. The first-order valence-electron chi connectivity index (χ1n) is 5.66. The molecule has 1 unspecified atom stereocenters. The summed E-state index contributed by atoms with van der Waals surface area (Å²) in [4.78, 5) is 11.8. The van der Waals surface area contributed by atoms with Crippen LogP contribution in [0.25, 0.3) is 0 Å². The van der Waals surface area contributed by atoms with Crippen molar-refractivity contribution in [3.63, 3.8) is 0 Å². The van der Waals surface area contributed by atoms with Crippen LogP contribution < -0.4 is 5.32 Å². The summed E-state index contributed by atoms with van der Waals surface area (Å²) >= 11 is 0. The predicted octanol–water partition coefficient (Wildman–Crippen LogP) is 0.972. The number of ether oxygens (including phenoxy) is 1. The van der Waals surface area contributed by atoms with Crippen molar-refractivity contribution in [2.75, 3.05) is 19.7 Å². The van der Waals surface area contributed by atoms with Crippen LogP contribution in [0.15, 0.2) is 0 Å². The Morgan fingerprint density at radius 1 is 1.62 bits per heavy atom. The fraction of sp³-hybridized carbons (Fsp3) is 0.636. The highest BCUT2D eigenvalue weighted by molar-refractivity contribution is 5.92. The first-order chi connectivity index (χ1) is 7.74. The molecular formula is C11H17N3O2. The van der Waals surface area contributed by atoms with Crippen molar-refractivity contribution >= 4 is 5.97 Å². The van der Waals surface area contributed by atoms with E-state index in [-0.39, 0.29) is 5.97 Å². The smallest absolute Gasteiger partial charge is 0.341 e. The minimum absolute atomic E-state index is 0.268. The molecule has 1 atom stereocenters. The van der Waals surface area contributed by atoms with Crippen LogP contribution >= 0.6 is 0 Å². The molecule has 1 aromatic rings. The summed E-state index contributed by atoms with van der Waals surface area (Å²) in [5.74, 6) is 0.0556. The Morgan fingerprint density at radius 3 is 3.06 bits per heavy atom. The lowest BCUT2D eigenvalue weighted by Gasteiger charge is -2.08. The second-order valence-corrected chi connectivity index (χ2v) is 4.02. The van der Waals surface area contributed by atoms with Crippen molar-refractivity contribution < 1.29 is 9.53 Å². The summed E-state index contributed by atoms with van der Waals surface area (Å²) < 4.78 is 5.05. The third-order valence-electron chi connectivity index (χ3n) is 2.90. The van der Waals surface area contributed by atoms with Crippen molar-refractivity contribution in [2.45, 2.75) is 26.2 Å². The van der Waals surface area contributed by atoms with Crippen LogP contribution in [-0.2, 0) is 4.74 Å². The molecule has 1 aliphatic rings. The average molecular weight is 223 g/mol. The normalized spacial score (nSPS) is 20.0. The third-order valence-corrected chi connectivity index (χ3v) is 2.90. The van der Waals surface area contributed by atoms with Gasteiger partial charge in [0.25, 0.3) is 0 Å². The lowest BCUT2D eigenvalue weighted by Crippen LogP contribution is -2.13. The monoisotopic (exact) mass is 223 g/mol. The summed E-state index contributed by atoms with van der Waals surface area (Å²) in [7, 11) is 0. The van der Waals surface area contributed by atoms with Crippen molar-refractivity contribution in [1.29, 1.82) is 0 Å². The summed E-state index contributed by atoms with van der Waals surface area (Å²) in [6.07, 6.45) is 1.02. The second-order valence-electron chi connectivity index (χ2n) is 4.02. The highest BCUT2D eigenvalue weighted by Gasteiger charge is 2.27. The molecule has 1 aromatic heterocycles. The van der Waals surface area contributed by atoms with Crippen molar-refractivity contribution in [1.82, 2.24) is 15.5 Å². The molecule has 2 rings (SSSR count). The fourth-order valence-corrected chi connectivity index (χ4v) is 2.09. The SMILES string of the molecule is CCOC(=O)c1c(C2CCNC2)n[nH]c1C. The van der Waals surface area contributed by atoms with Gasteiger partial charge in [0.05, 0.1) is 12.3 Å². The molecule has 5 nitrogen and oxygen atoms in total. The van der Waals surface area contributed by atoms with Crippen LogP contribution in [0.4, 0.5) is 0 Å². The van der Waals surface area contributed by atoms with Crippen LogP contribution in [-0.4, -0.2) is 35.9 Å². The first-order valence-corrected chi connectivity index (χ1v) is 5.66. The molecule has 0 amide bonds. The molecule has 0 bridgehead atoms. The lowest BCUT2D eigenvalue weighted by atomic mass is 10.00. The Hall–Kier alpha value is -1.36. The molecule has 1 fully saturated rings. The first kappa shape index (κ1) is 11.1. The van der Waals surface area contributed by atoms with Gasteiger partial charge in [-0.25, -0.2) is 4.79 Å². The maximum Gasteiger partial charge on any atom is 0.341 e. The van der Waals surface area contributed by atoms with Crippen molar-refractivity contribution in [2.24, 2.45) is 0 Å². The van der Waals surface area contributed by atoms with Crippen LogP contribution in [0.1, 0.15) is 41.0 Å². The molecule has 16 heavy (non-hydrogen) atoms. The van der Waals surface area contributed by atoms with Gasteiger partial charge in [-0.2, -0.15) is 5.10 Å². The number of aromatic nitrogens is 2. The van der Waals surface area contributed by atoms with E-state index in [2.05, 4.69) is 15.5 Å². The van der Waals surface area contributed by atoms with E-state index in [0.717, 1.165) is 30.9 Å². The minimum Gasteiger partial charge on any atom is -0.462 e. The van der Waals surface area contributed by atoms with Gasteiger partial charge in [0, 0.05) is 18.2 Å². The Balaban J connectivity index is 2.27. The van der Waals surface area contributed by atoms with Crippen LogP contribution in [0.3, 0.4) is 0 Å². The van der Waals surface area contributed by atoms with Crippen LogP contribution in [0.5, 0.6) is 0 Å². The van der Waals surface area contributed by atoms with E-state index in [9.17, 15) is 4.79 Å². The molecule has 0 aromatic carbocycles. The lowest BCUT2D eigenvalue weighted by molar-refractivity contribution is 0.0524. The molecule has 5 heteroatoms. The summed E-state index contributed by atoms with van der Waals surface area (Å²) in [5, 5.41) is 10.4. The molecule has 2 heterocycles. The Morgan fingerprint density at radius 2 is 2.44 bits per heavy atom. The molecule has 2 N–H and O–H groups in total. The molecular weight excluding hydrogens is 206 g/mol. The zero-order valence-corrected chi connectivity index (χ0v) is 9.67. The number of carbonyl (C=O) groups is 1. The number of rotatable bonds is 3. The van der Waals surface area contributed by atoms with E-state index in [0.29, 0.717) is 18.1 Å². The molecule has 88 valence electrons.